The van der Waals surface area contributed by atoms with Gasteiger partial charge >= 0.3 is 0 Å². The van der Waals surface area contributed by atoms with Crippen molar-refractivity contribution in [1.82, 2.24) is 5.06 Å². The third-order valence-corrected chi connectivity index (χ3v) is 2.87. The lowest BCUT2D eigenvalue weighted by atomic mass is 10.0. The zero-order valence-corrected chi connectivity index (χ0v) is 10.0. The van der Waals surface area contributed by atoms with E-state index in [1.54, 1.807) is 12.1 Å². The summed E-state index contributed by atoms with van der Waals surface area (Å²) < 4.78 is 12.8. The fourth-order valence-electron chi connectivity index (χ4n) is 1.93. The van der Waals surface area contributed by atoms with E-state index in [1.165, 1.54) is 17.2 Å². The smallest absolute Gasteiger partial charge is 0.249 e. The molecule has 1 aromatic carbocycles. The third-order valence-electron chi connectivity index (χ3n) is 2.87. The van der Waals surface area contributed by atoms with Crippen molar-refractivity contribution < 1.29 is 14.0 Å². The minimum absolute atomic E-state index is 0.0307. The van der Waals surface area contributed by atoms with Gasteiger partial charge in [-0.25, -0.2) is 9.45 Å². The first kappa shape index (κ1) is 12.0. The molecule has 0 N–H and O–H groups in total. The number of halogens is 1. The van der Waals surface area contributed by atoms with Gasteiger partial charge in [-0.3, -0.25) is 9.63 Å². The van der Waals surface area contributed by atoms with E-state index in [4.69, 9.17) is 4.84 Å². The second-order valence-corrected chi connectivity index (χ2v) is 4.51. The standard InChI is InChI=1S/C13H16FNO2/c1-9(2)13(16)15-12(7-8-17-15)10-3-5-11(14)6-4-10/h3-6,9,12H,7-8H2,1-2H3/t12-/m1/s1. The number of hydroxylamine groups is 2. The Balaban J connectivity index is 2.20. The molecule has 1 atom stereocenters. The quantitative estimate of drug-likeness (QED) is 0.791. The maximum atomic E-state index is 12.8. The Kier molecular flexibility index (Phi) is 3.43. The second kappa shape index (κ2) is 4.84. The molecule has 1 aliphatic rings. The molecule has 2 rings (SSSR count). The molecule has 0 saturated carbocycles. The number of benzene rings is 1. The minimum atomic E-state index is -0.269. The summed E-state index contributed by atoms with van der Waals surface area (Å²) in [5.41, 5.74) is 0.915. The number of amides is 1. The van der Waals surface area contributed by atoms with Crippen LogP contribution in [0.1, 0.15) is 31.9 Å². The van der Waals surface area contributed by atoms with E-state index in [0.29, 0.717) is 6.61 Å². The highest BCUT2D eigenvalue weighted by Gasteiger charge is 2.32. The maximum Gasteiger partial charge on any atom is 0.249 e. The Labute approximate surface area is 100 Å². The zero-order valence-electron chi connectivity index (χ0n) is 10.0. The zero-order chi connectivity index (χ0) is 12.4. The molecule has 0 unspecified atom stereocenters. The van der Waals surface area contributed by atoms with Crippen LogP contribution in [-0.2, 0) is 9.63 Å². The Bertz CT molecular complexity index is 402. The highest BCUT2D eigenvalue weighted by Crippen LogP contribution is 2.31. The molecule has 0 bridgehead atoms. The summed E-state index contributed by atoms with van der Waals surface area (Å²) in [5, 5.41) is 1.43. The first-order chi connectivity index (χ1) is 8.09. The molecule has 1 fully saturated rings. The van der Waals surface area contributed by atoms with Crippen LogP contribution >= 0.6 is 0 Å². The SMILES string of the molecule is CC(C)C(=O)N1OCC[C@@H]1c1ccc(F)cc1. The summed E-state index contributed by atoms with van der Waals surface area (Å²) in [6.07, 6.45) is 0.754. The molecule has 0 radical (unpaired) electrons. The largest absolute Gasteiger partial charge is 0.272 e. The van der Waals surface area contributed by atoms with E-state index in [9.17, 15) is 9.18 Å². The van der Waals surface area contributed by atoms with Crippen molar-refractivity contribution >= 4 is 5.91 Å². The lowest BCUT2D eigenvalue weighted by Gasteiger charge is -2.24. The van der Waals surface area contributed by atoms with Crippen LogP contribution in [-0.4, -0.2) is 17.6 Å². The summed E-state index contributed by atoms with van der Waals surface area (Å²) in [6, 6.07) is 6.13. The van der Waals surface area contributed by atoms with Crippen molar-refractivity contribution in [3.05, 3.63) is 35.6 Å². The highest BCUT2D eigenvalue weighted by atomic mass is 19.1. The summed E-state index contributed by atoms with van der Waals surface area (Å²) >= 11 is 0. The minimum Gasteiger partial charge on any atom is -0.272 e. The van der Waals surface area contributed by atoms with Crippen molar-refractivity contribution in [1.29, 1.82) is 0 Å². The molecule has 3 nitrogen and oxygen atoms in total. The number of nitrogens with zero attached hydrogens (tertiary/aromatic N) is 1. The predicted molar refractivity (Wildman–Crippen MR) is 61.4 cm³/mol. The number of hydrogen-bond donors (Lipinski definition) is 0. The number of rotatable bonds is 2. The van der Waals surface area contributed by atoms with Gasteiger partial charge in [-0.1, -0.05) is 26.0 Å². The van der Waals surface area contributed by atoms with E-state index < -0.39 is 0 Å². The van der Waals surface area contributed by atoms with Crippen LogP contribution in [0.15, 0.2) is 24.3 Å². The van der Waals surface area contributed by atoms with E-state index in [1.807, 2.05) is 13.8 Å². The molecule has 17 heavy (non-hydrogen) atoms. The van der Waals surface area contributed by atoms with Gasteiger partial charge in [0.25, 0.3) is 0 Å². The molecule has 92 valence electrons. The molecular formula is C13H16FNO2. The highest BCUT2D eigenvalue weighted by molar-refractivity contribution is 5.77. The van der Waals surface area contributed by atoms with Crippen LogP contribution < -0.4 is 0 Å². The van der Waals surface area contributed by atoms with Crippen molar-refractivity contribution in [3.63, 3.8) is 0 Å². The Morgan fingerprint density at radius 3 is 2.65 bits per heavy atom. The van der Waals surface area contributed by atoms with Crippen LogP contribution in [0.3, 0.4) is 0 Å². The van der Waals surface area contributed by atoms with Crippen LogP contribution in [0, 0.1) is 11.7 Å². The van der Waals surface area contributed by atoms with Crippen molar-refractivity contribution in [2.45, 2.75) is 26.3 Å². The van der Waals surface area contributed by atoms with Crippen LogP contribution in [0.2, 0.25) is 0 Å². The lowest BCUT2D eigenvalue weighted by molar-refractivity contribution is -0.180. The maximum absolute atomic E-state index is 12.8. The molecule has 0 aromatic heterocycles. The van der Waals surface area contributed by atoms with Crippen LogP contribution in [0.5, 0.6) is 0 Å². The molecule has 1 heterocycles. The van der Waals surface area contributed by atoms with E-state index in [2.05, 4.69) is 0 Å². The van der Waals surface area contributed by atoms with Gasteiger partial charge in [-0.15, -0.1) is 0 Å². The van der Waals surface area contributed by atoms with Crippen molar-refractivity contribution in [2.24, 2.45) is 5.92 Å². The van der Waals surface area contributed by atoms with E-state index in [-0.39, 0.29) is 23.7 Å². The number of hydrogen-bond acceptors (Lipinski definition) is 2. The van der Waals surface area contributed by atoms with Gasteiger partial charge in [0, 0.05) is 12.3 Å². The lowest BCUT2D eigenvalue weighted by Crippen LogP contribution is -2.32. The fourth-order valence-corrected chi connectivity index (χ4v) is 1.93. The molecule has 1 amide bonds. The number of carbonyl (C=O) groups is 1. The molecule has 4 heteroatoms. The van der Waals surface area contributed by atoms with E-state index >= 15 is 0 Å². The summed E-state index contributed by atoms with van der Waals surface area (Å²) in [6.45, 7) is 4.21. The predicted octanol–water partition coefficient (Wildman–Crippen LogP) is 2.69. The normalized spacial score (nSPS) is 20.0. The van der Waals surface area contributed by atoms with Gasteiger partial charge in [-0.05, 0) is 17.7 Å². The Morgan fingerprint density at radius 2 is 2.06 bits per heavy atom. The van der Waals surface area contributed by atoms with Gasteiger partial charge in [0.15, 0.2) is 0 Å². The third kappa shape index (κ3) is 2.47. The van der Waals surface area contributed by atoms with E-state index in [0.717, 1.165) is 12.0 Å². The number of carbonyl (C=O) groups excluding carboxylic acids is 1. The Morgan fingerprint density at radius 1 is 1.41 bits per heavy atom. The summed E-state index contributed by atoms with van der Waals surface area (Å²) in [5.74, 6) is -0.401. The fraction of sp³-hybridized carbons (Fsp3) is 0.462. The van der Waals surface area contributed by atoms with Gasteiger partial charge in [0.1, 0.15) is 5.82 Å². The molecule has 0 spiro atoms. The van der Waals surface area contributed by atoms with Gasteiger partial charge in [0.2, 0.25) is 5.91 Å². The molecule has 0 aliphatic carbocycles. The average Bonchev–Trinajstić information content (AvgIpc) is 2.77. The molecular weight excluding hydrogens is 221 g/mol. The molecule has 1 aliphatic heterocycles. The monoisotopic (exact) mass is 237 g/mol. The Hall–Kier alpha value is -1.42. The van der Waals surface area contributed by atoms with Gasteiger partial charge in [-0.2, -0.15) is 0 Å². The van der Waals surface area contributed by atoms with Crippen LogP contribution in [0.25, 0.3) is 0 Å². The topological polar surface area (TPSA) is 29.5 Å². The first-order valence-electron chi connectivity index (χ1n) is 5.81. The van der Waals surface area contributed by atoms with Gasteiger partial charge < -0.3 is 0 Å². The summed E-state index contributed by atoms with van der Waals surface area (Å²) in [4.78, 5) is 17.3. The second-order valence-electron chi connectivity index (χ2n) is 4.51. The van der Waals surface area contributed by atoms with Crippen molar-refractivity contribution in [3.8, 4) is 0 Å². The molecule has 1 aromatic rings. The van der Waals surface area contributed by atoms with Gasteiger partial charge in [0.05, 0.1) is 12.6 Å². The van der Waals surface area contributed by atoms with Crippen molar-refractivity contribution in [2.75, 3.05) is 6.61 Å². The average molecular weight is 237 g/mol. The summed E-state index contributed by atoms with van der Waals surface area (Å²) in [7, 11) is 0. The van der Waals surface area contributed by atoms with Crippen LogP contribution in [0.4, 0.5) is 4.39 Å². The first-order valence-corrected chi connectivity index (χ1v) is 5.81. The molecule has 1 saturated heterocycles.